The minimum atomic E-state index is -1.54. The molecule has 0 radical (unpaired) electrons. The van der Waals surface area contributed by atoms with Gasteiger partial charge in [-0.2, -0.15) is 5.26 Å². The van der Waals surface area contributed by atoms with Gasteiger partial charge in [0, 0.05) is 0 Å². The summed E-state index contributed by atoms with van der Waals surface area (Å²) in [6.45, 7) is 7.40. The van der Waals surface area contributed by atoms with Gasteiger partial charge in [0.1, 0.15) is 30.8 Å². The third-order valence-corrected chi connectivity index (χ3v) is 4.58. The first-order chi connectivity index (χ1) is 16.8. The molecule has 4 N–H and O–H groups in total. The van der Waals surface area contributed by atoms with Crippen molar-refractivity contribution in [3.05, 3.63) is 42.0 Å². The summed E-state index contributed by atoms with van der Waals surface area (Å²) in [4.78, 5) is 63.2. The molecule has 1 aromatic rings. The third kappa shape index (κ3) is 9.46. The Kier molecular flexibility index (Phi) is 11.1. The van der Waals surface area contributed by atoms with Crippen molar-refractivity contribution in [2.45, 2.75) is 44.9 Å². The summed E-state index contributed by atoms with van der Waals surface area (Å²) in [7, 11) is 1.14. The Balaban J connectivity index is 3.49. The number of primary amides is 1. The zero-order valence-corrected chi connectivity index (χ0v) is 20.7. The molecule has 194 valence electrons. The van der Waals surface area contributed by atoms with E-state index >= 15 is 0 Å². The van der Waals surface area contributed by atoms with E-state index in [0.29, 0.717) is 5.56 Å². The van der Waals surface area contributed by atoms with Crippen molar-refractivity contribution in [1.29, 1.82) is 5.26 Å². The van der Waals surface area contributed by atoms with E-state index in [-0.39, 0.29) is 5.56 Å². The first kappa shape index (κ1) is 29.6. The number of nitrogens with one attached hydrogen (secondary N) is 2. The topological polar surface area (TPSA) is 181 Å². The molecule has 0 aliphatic carbocycles. The van der Waals surface area contributed by atoms with Gasteiger partial charge < -0.3 is 30.7 Å². The number of nitrogens with two attached hydrogens (primary N) is 1. The largest absolute Gasteiger partial charge is 0.468 e. The predicted octanol–water partition coefficient (Wildman–Crippen LogP) is 0.781. The lowest BCUT2D eigenvalue weighted by Gasteiger charge is -2.32. The second kappa shape index (κ2) is 13.5. The molecule has 0 aliphatic rings. The van der Waals surface area contributed by atoms with Gasteiger partial charge in [0.2, 0.25) is 17.7 Å². The second-order valence-electron chi connectivity index (χ2n) is 8.56. The third-order valence-electron chi connectivity index (χ3n) is 4.58. The fourth-order valence-electron chi connectivity index (χ4n) is 3.08. The van der Waals surface area contributed by atoms with Crippen molar-refractivity contribution < 1.29 is 33.4 Å². The Morgan fingerprint density at radius 2 is 1.92 bits per heavy atom. The maximum absolute atomic E-state index is 13.5. The molecule has 2 atom stereocenters. The molecule has 12 nitrogen and oxygen atoms in total. The molecule has 12 heteroatoms. The van der Waals surface area contributed by atoms with Gasteiger partial charge in [-0.3, -0.25) is 19.2 Å². The minimum Gasteiger partial charge on any atom is -0.468 e. The van der Waals surface area contributed by atoms with Crippen LogP contribution in [0.25, 0.3) is 6.08 Å². The lowest BCUT2D eigenvalue weighted by atomic mass is 10.00. The van der Waals surface area contributed by atoms with Crippen LogP contribution in [0, 0.1) is 11.3 Å². The first-order valence-electron chi connectivity index (χ1n) is 10.8. The normalized spacial score (nSPS) is 12.2. The molecule has 0 bridgehead atoms. The molecule has 0 saturated carbocycles. The summed E-state index contributed by atoms with van der Waals surface area (Å²) < 4.78 is 9.69. The summed E-state index contributed by atoms with van der Waals surface area (Å²) in [5.74, 6) is -3.40. The molecular weight excluding hydrogens is 470 g/mol. The molecule has 2 unspecified atom stereocenters. The van der Waals surface area contributed by atoms with Crippen molar-refractivity contribution in [3.63, 3.8) is 0 Å². The van der Waals surface area contributed by atoms with Crippen molar-refractivity contribution in [2.75, 3.05) is 20.2 Å². The Labute approximate surface area is 209 Å². The highest BCUT2D eigenvalue weighted by molar-refractivity contribution is 5.95. The van der Waals surface area contributed by atoms with Gasteiger partial charge in [0.15, 0.2) is 0 Å². The van der Waals surface area contributed by atoms with E-state index < -0.39 is 67.0 Å². The standard InChI is InChI=1S/C24H31N5O7/c1-6-15-8-7-9-16(12-15)20(21(32)27-14-19(31)35-5)29(11-10-25)22(33)17(13-18(26)30)28-23(34)36-24(2,3)4/h6-9,12,17,20H,1,11,13-14H2,2-5H3,(H2,26,30)(H,27,32)(H,28,34). The SMILES string of the molecule is C=Cc1cccc(C(C(=O)NCC(=O)OC)N(CC#N)C(=O)C(CC(N)=O)NC(=O)OC(C)(C)C)c1. The van der Waals surface area contributed by atoms with Gasteiger partial charge in [0.05, 0.1) is 19.6 Å². The number of carbonyl (C=O) groups excluding carboxylic acids is 5. The minimum absolute atomic E-state index is 0.286. The van der Waals surface area contributed by atoms with Crippen LogP contribution in [0.2, 0.25) is 0 Å². The van der Waals surface area contributed by atoms with Gasteiger partial charge in [-0.1, -0.05) is 30.9 Å². The number of benzene rings is 1. The van der Waals surface area contributed by atoms with Crippen LogP contribution in [0.4, 0.5) is 4.79 Å². The lowest BCUT2D eigenvalue weighted by Crippen LogP contribution is -2.54. The lowest BCUT2D eigenvalue weighted by molar-refractivity contribution is -0.144. The number of amides is 4. The second-order valence-corrected chi connectivity index (χ2v) is 8.56. The molecular formula is C24H31N5O7. The number of esters is 1. The molecule has 0 aromatic heterocycles. The summed E-state index contributed by atoms with van der Waals surface area (Å²) in [6.07, 6.45) is -0.105. The zero-order chi connectivity index (χ0) is 27.5. The van der Waals surface area contributed by atoms with E-state index in [4.69, 9.17) is 10.5 Å². The Hall–Kier alpha value is -4.40. The summed E-state index contributed by atoms with van der Waals surface area (Å²) in [5.41, 5.74) is 5.28. The van der Waals surface area contributed by atoms with Crippen LogP contribution < -0.4 is 16.4 Å². The number of alkyl carbamates (subject to hydrolysis) is 1. The van der Waals surface area contributed by atoms with Crippen molar-refractivity contribution in [3.8, 4) is 6.07 Å². The molecule has 1 rings (SSSR count). The van der Waals surface area contributed by atoms with Gasteiger partial charge in [0.25, 0.3) is 0 Å². The average Bonchev–Trinajstić information content (AvgIpc) is 2.79. The van der Waals surface area contributed by atoms with Gasteiger partial charge in [-0.05, 0) is 38.0 Å². The molecule has 1 aromatic carbocycles. The number of hydrogen-bond acceptors (Lipinski definition) is 8. The highest BCUT2D eigenvalue weighted by Gasteiger charge is 2.37. The molecule has 4 amide bonds. The van der Waals surface area contributed by atoms with Crippen LogP contribution in [-0.4, -0.2) is 66.5 Å². The molecule has 0 spiro atoms. The van der Waals surface area contributed by atoms with Crippen molar-refractivity contribution in [1.82, 2.24) is 15.5 Å². The van der Waals surface area contributed by atoms with Crippen molar-refractivity contribution >= 4 is 35.9 Å². The number of rotatable bonds is 11. The number of methoxy groups -OCH3 is 1. The Morgan fingerprint density at radius 1 is 1.25 bits per heavy atom. The van der Waals surface area contributed by atoms with E-state index in [1.165, 1.54) is 12.1 Å². The number of ether oxygens (including phenoxy) is 2. The quantitative estimate of drug-likeness (QED) is 0.294. The van der Waals surface area contributed by atoms with E-state index in [2.05, 4.69) is 21.9 Å². The fourth-order valence-corrected chi connectivity index (χ4v) is 3.08. The van der Waals surface area contributed by atoms with Gasteiger partial charge in [-0.25, -0.2) is 4.79 Å². The molecule has 0 aliphatic heterocycles. The van der Waals surface area contributed by atoms with Gasteiger partial charge >= 0.3 is 12.1 Å². The Morgan fingerprint density at radius 3 is 2.44 bits per heavy atom. The maximum Gasteiger partial charge on any atom is 0.408 e. The Bertz CT molecular complexity index is 1040. The van der Waals surface area contributed by atoms with Crippen LogP contribution in [0.5, 0.6) is 0 Å². The van der Waals surface area contributed by atoms with Crippen LogP contribution in [-0.2, 0) is 28.7 Å². The number of nitrogens with zero attached hydrogens (tertiary/aromatic N) is 2. The summed E-state index contributed by atoms with van der Waals surface area (Å²) in [6, 6.07) is 5.28. The molecule has 0 saturated heterocycles. The highest BCUT2D eigenvalue weighted by Crippen LogP contribution is 2.24. The average molecular weight is 502 g/mol. The molecule has 0 fully saturated rings. The number of nitriles is 1. The maximum atomic E-state index is 13.5. The number of hydrogen-bond donors (Lipinski definition) is 3. The monoisotopic (exact) mass is 501 g/mol. The first-order valence-corrected chi connectivity index (χ1v) is 10.8. The summed E-state index contributed by atoms with van der Waals surface area (Å²) in [5, 5.41) is 14.1. The van der Waals surface area contributed by atoms with E-state index in [1.807, 2.05) is 6.07 Å². The highest BCUT2D eigenvalue weighted by atomic mass is 16.6. The molecule has 36 heavy (non-hydrogen) atoms. The van der Waals surface area contributed by atoms with Crippen molar-refractivity contribution in [2.24, 2.45) is 5.73 Å². The number of carbonyl (C=O) groups is 5. The van der Waals surface area contributed by atoms with Crippen LogP contribution >= 0.6 is 0 Å². The van der Waals surface area contributed by atoms with Crippen LogP contribution in [0.15, 0.2) is 30.8 Å². The fraction of sp³-hybridized carbons (Fsp3) is 0.417. The van der Waals surface area contributed by atoms with E-state index in [9.17, 15) is 29.2 Å². The van der Waals surface area contributed by atoms with E-state index in [0.717, 1.165) is 12.0 Å². The van der Waals surface area contributed by atoms with Crippen LogP contribution in [0.3, 0.4) is 0 Å². The molecule has 0 heterocycles. The predicted molar refractivity (Wildman–Crippen MR) is 129 cm³/mol. The summed E-state index contributed by atoms with van der Waals surface area (Å²) >= 11 is 0. The smallest absolute Gasteiger partial charge is 0.408 e. The van der Waals surface area contributed by atoms with Gasteiger partial charge in [-0.15, -0.1) is 0 Å². The van der Waals surface area contributed by atoms with Crippen LogP contribution in [0.1, 0.15) is 44.4 Å². The zero-order valence-electron chi connectivity index (χ0n) is 20.7. The van der Waals surface area contributed by atoms with E-state index in [1.54, 1.807) is 39.0 Å².